The Morgan fingerprint density at radius 2 is 1.19 bits per heavy atom. The number of nitrogens with one attached hydrogen (secondary N) is 1. The van der Waals surface area contributed by atoms with E-state index in [4.69, 9.17) is 36.8 Å². The molecular weight excluding hydrogens is 882 g/mol. The van der Waals surface area contributed by atoms with Crippen LogP contribution in [0.2, 0.25) is 0 Å². The Labute approximate surface area is 358 Å². The minimum atomic E-state index is -4.51. The smallest absolute Gasteiger partial charge is 0.412 e. The van der Waals surface area contributed by atoms with Gasteiger partial charge in [0.1, 0.15) is 23.6 Å². The summed E-state index contributed by atoms with van der Waals surface area (Å²) in [6.07, 6.45) is -5.53. The van der Waals surface area contributed by atoms with Gasteiger partial charge >= 0.3 is 18.3 Å². The fraction of sp³-hybridized carbons (Fsp3) is 0.550. The van der Waals surface area contributed by atoms with Gasteiger partial charge in [-0.1, -0.05) is 75.0 Å². The van der Waals surface area contributed by atoms with Gasteiger partial charge in [-0.15, -0.1) is 0 Å². The summed E-state index contributed by atoms with van der Waals surface area (Å²) in [6.45, 7) is 15.4. The molecule has 2 aromatic carbocycles. The Kier molecular flexibility index (Phi) is 18.0. The average Bonchev–Trinajstić information content (AvgIpc) is 3.44. The van der Waals surface area contributed by atoms with Crippen LogP contribution in [0.5, 0.6) is 0 Å². The summed E-state index contributed by atoms with van der Waals surface area (Å²) in [6, 6.07) is 8.25. The summed E-state index contributed by atoms with van der Waals surface area (Å²) in [4.78, 5) is 25.0. The van der Waals surface area contributed by atoms with Crippen molar-refractivity contribution in [1.82, 2.24) is 5.32 Å². The van der Waals surface area contributed by atoms with Crippen molar-refractivity contribution in [3.8, 4) is 0 Å². The molecule has 2 heterocycles. The molecule has 0 saturated heterocycles. The first kappa shape index (κ1) is 52.7. The second-order valence-electron chi connectivity index (χ2n) is 15.1. The molecular formula is C40H54ClF6NO7P2S2. The molecule has 2 aliphatic rings. The van der Waals surface area contributed by atoms with E-state index in [1.54, 1.807) is 27.7 Å². The molecule has 0 saturated carbocycles. The minimum absolute atomic E-state index is 0.0320. The van der Waals surface area contributed by atoms with Gasteiger partial charge in [-0.05, 0) is 124 Å². The van der Waals surface area contributed by atoms with Crippen LogP contribution in [-0.4, -0.2) is 67.0 Å². The van der Waals surface area contributed by atoms with Crippen LogP contribution in [0.3, 0.4) is 0 Å². The number of hydrogen-bond donors (Lipinski definition) is 2. The van der Waals surface area contributed by atoms with Gasteiger partial charge in [0.05, 0.1) is 11.1 Å². The third-order valence-electron chi connectivity index (χ3n) is 9.02. The lowest BCUT2D eigenvalue weighted by Crippen LogP contribution is -2.38. The van der Waals surface area contributed by atoms with Crippen LogP contribution in [0.15, 0.2) is 35.8 Å². The summed E-state index contributed by atoms with van der Waals surface area (Å²) in [7, 11) is 0. The van der Waals surface area contributed by atoms with E-state index in [0.29, 0.717) is 17.6 Å². The normalized spacial score (nSPS) is 18.2. The van der Waals surface area contributed by atoms with E-state index in [2.05, 4.69) is 54.6 Å². The molecule has 8 nitrogen and oxygen atoms in total. The summed E-state index contributed by atoms with van der Waals surface area (Å²) >= 11 is 14.9. The molecule has 0 aromatic heterocycles. The third-order valence-corrected chi connectivity index (χ3v) is 11.9. The van der Waals surface area contributed by atoms with Gasteiger partial charge in [-0.2, -0.15) is 26.3 Å². The number of hydrogen-bond acceptors (Lipinski definition) is 9. The zero-order valence-corrected chi connectivity index (χ0v) is 39.5. The number of esters is 1. The number of aliphatic hydroxyl groups excluding tert-OH is 1. The predicted octanol–water partition coefficient (Wildman–Crippen LogP) is 11.7. The van der Waals surface area contributed by atoms with Crippen LogP contribution in [0.4, 0.5) is 26.3 Å². The Morgan fingerprint density at radius 3 is 1.53 bits per heavy atom. The zero-order chi connectivity index (χ0) is 45.7. The second-order valence-corrected chi connectivity index (χ2v) is 25.5. The van der Waals surface area contributed by atoms with Crippen molar-refractivity contribution in [2.75, 3.05) is 26.5 Å². The first-order chi connectivity index (χ1) is 26.7. The number of cyclic esters (lactones) is 1. The Hall–Kier alpha value is -2.45. The van der Waals surface area contributed by atoms with Crippen LogP contribution in [0.1, 0.15) is 99.9 Å². The van der Waals surface area contributed by atoms with E-state index in [0.717, 1.165) is 58.2 Å². The van der Waals surface area contributed by atoms with E-state index in [1.807, 2.05) is 32.9 Å². The lowest BCUT2D eigenvalue weighted by Gasteiger charge is -2.28. The average molecular weight is 936 g/mol. The number of carbonyl (C=O) groups excluding carboxylic acids is 2. The van der Waals surface area contributed by atoms with Crippen LogP contribution < -0.4 is 5.32 Å². The Bertz CT molecular complexity index is 2060. The molecule has 0 bridgehead atoms. The highest BCUT2D eigenvalue weighted by atomic mass is 35.7. The third kappa shape index (κ3) is 15.1. The molecule has 2 atom stereocenters. The first-order valence-corrected chi connectivity index (χ1v) is 25.8. The van der Waals surface area contributed by atoms with Gasteiger partial charge < -0.3 is 28.7 Å². The van der Waals surface area contributed by atoms with Crippen molar-refractivity contribution in [2.24, 2.45) is 0 Å². The Morgan fingerprint density at radius 1 is 0.763 bits per heavy atom. The first-order valence-electron chi connectivity index (χ1n) is 18.7. The van der Waals surface area contributed by atoms with Crippen molar-refractivity contribution >= 4 is 70.0 Å². The number of halogens is 7. The summed E-state index contributed by atoms with van der Waals surface area (Å²) in [5, 5.41) is 13.2. The van der Waals surface area contributed by atoms with Crippen molar-refractivity contribution in [3.63, 3.8) is 0 Å². The van der Waals surface area contributed by atoms with Gasteiger partial charge in [0, 0.05) is 13.3 Å². The highest BCUT2D eigenvalue weighted by molar-refractivity contribution is 8.24. The predicted molar refractivity (Wildman–Crippen MR) is 230 cm³/mol. The summed E-state index contributed by atoms with van der Waals surface area (Å²) in [5.41, 5.74) is 4.06. The molecule has 19 heteroatoms. The highest BCUT2D eigenvalue weighted by Gasteiger charge is 2.44. The number of alkyl halides is 6. The Balaban J connectivity index is 0.000000344. The number of aryl methyl sites for hydroxylation is 6. The molecule has 2 unspecified atom stereocenters. The quantitative estimate of drug-likeness (QED) is 0.122. The zero-order valence-electron chi connectivity index (χ0n) is 35.3. The highest BCUT2D eigenvalue weighted by Crippen LogP contribution is 2.52. The molecule has 59 heavy (non-hydrogen) atoms. The van der Waals surface area contributed by atoms with E-state index in [1.165, 1.54) is 18.9 Å². The number of carbonyl (C=O) groups is 2. The molecule has 0 spiro atoms. The molecule has 0 radical (unpaired) electrons. The number of aliphatic hydroxyl groups is 1. The monoisotopic (exact) mass is 935 g/mol. The topological polar surface area (TPSA) is 103 Å². The molecule has 332 valence electrons. The lowest BCUT2D eigenvalue weighted by atomic mass is 9.89. The van der Waals surface area contributed by atoms with E-state index in [-0.39, 0.29) is 17.4 Å². The van der Waals surface area contributed by atoms with Crippen LogP contribution >= 0.6 is 23.3 Å². The van der Waals surface area contributed by atoms with Crippen molar-refractivity contribution in [3.05, 3.63) is 80.3 Å². The van der Waals surface area contributed by atoms with Crippen LogP contribution in [0.25, 0.3) is 11.1 Å². The summed E-state index contributed by atoms with van der Waals surface area (Å²) in [5.74, 6) is -0.505. The maximum Gasteiger partial charge on any atom is 0.412 e. The minimum Gasteiger partial charge on any atom is -0.507 e. The van der Waals surface area contributed by atoms with Crippen LogP contribution in [-0.2, 0) is 77.2 Å². The van der Waals surface area contributed by atoms with E-state index < -0.39 is 54.8 Å². The van der Waals surface area contributed by atoms with E-state index >= 15 is 0 Å². The molecule has 0 fully saturated rings. The maximum absolute atomic E-state index is 12.9. The SMILES string of the molecule is CCc1cc(C)c(C2=C(O)C(C)(C)OC2=O)c(CC)c1.CCc1cc(C)c(C2=C(OP(C)(=S)OCC(F)(F)F)C(C)(C)NC2=O)c(CC)c1.CP(=S)(Cl)OCC(F)(F)F. The van der Waals surface area contributed by atoms with Gasteiger partial charge in [0.25, 0.3) is 5.91 Å². The fourth-order valence-corrected chi connectivity index (χ4v) is 8.44. The molecule has 0 aliphatic carbocycles. The number of rotatable bonds is 12. The molecule has 2 aromatic rings. The standard InChI is InChI=1S/C20H27F3NO3PS.C17H22O3.C3H5ClF3OPS/c1-7-13-9-12(3)15(14(8-2)10-13)16-17(19(4,5)24-18(16)25)27-28(6,29)26-11-20(21,22)23;1-6-11-8-10(3)13(12(7-2)9-11)14-15(18)17(4,5)20-16(14)19;1-9(4,10)8-2-3(5,6)7/h9-10H,7-8,11H2,1-6H3,(H,24,25);8-9,18H,6-7H2,1-5H3;2H2,1H3. The number of amides is 1. The van der Waals surface area contributed by atoms with Crippen LogP contribution in [0, 0.1) is 13.8 Å². The fourth-order valence-electron chi connectivity index (χ4n) is 6.29. The van der Waals surface area contributed by atoms with Crippen molar-refractivity contribution in [2.45, 2.75) is 118 Å². The summed E-state index contributed by atoms with van der Waals surface area (Å²) < 4.78 is 92.1. The molecule has 1 amide bonds. The second kappa shape index (κ2) is 20.2. The van der Waals surface area contributed by atoms with Crippen molar-refractivity contribution < 1.29 is 59.3 Å². The number of benzene rings is 2. The van der Waals surface area contributed by atoms with Gasteiger partial charge in [-0.3, -0.25) is 4.79 Å². The molecule has 4 rings (SSSR count). The van der Waals surface area contributed by atoms with Gasteiger partial charge in [-0.25, -0.2) is 4.79 Å². The van der Waals surface area contributed by atoms with E-state index in [9.17, 15) is 41.0 Å². The van der Waals surface area contributed by atoms with Crippen molar-refractivity contribution in [1.29, 1.82) is 0 Å². The lowest BCUT2D eigenvalue weighted by molar-refractivity contribution is -0.153. The van der Waals surface area contributed by atoms with Gasteiger partial charge in [0.2, 0.25) is 6.49 Å². The molecule has 2 aliphatic heterocycles. The molecule has 2 N–H and O–H groups in total. The number of ether oxygens (including phenoxy) is 1. The maximum atomic E-state index is 12.9. The van der Waals surface area contributed by atoms with Gasteiger partial charge in [0.15, 0.2) is 18.0 Å². The largest absolute Gasteiger partial charge is 0.507 e.